The molecule has 5 rings (SSSR count). The minimum Gasteiger partial charge on any atom is -0.490 e. The molecule has 0 bridgehead atoms. The molecule has 0 radical (unpaired) electrons. The van der Waals surface area contributed by atoms with Crippen molar-refractivity contribution < 1.29 is 50.1 Å². The van der Waals surface area contributed by atoms with Crippen LogP contribution in [0.1, 0.15) is 36.0 Å². The second-order valence-corrected chi connectivity index (χ2v) is 11.2. The van der Waals surface area contributed by atoms with Crippen LogP contribution in [-0.4, -0.2) is 48.6 Å². The first-order chi connectivity index (χ1) is 21.8. The molecule has 2 aliphatic rings. The largest absolute Gasteiger partial charge is 0.490 e. The SMILES string of the molecule is NC(=O)C1(N2CCC(c3ccc(OCCOc4c(F)cc(F)cc4F)cc3)=C(C(=O)OCc3cccc(C(F)(F)F)c3Cl)C2)CC1. The van der Waals surface area contributed by atoms with Gasteiger partial charge in [-0.1, -0.05) is 35.9 Å². The first-order valence-electron chi connectivity index (χ1n) is 14.1. The molecule has 3 aromatic carbocycles. The molecule has 0 spiro atoms. The molecule has 0 saturated heterocycles. The highest BCUT2D eigenvalue weighted by Gasteiger charge is 2.54. The summed E-state index contributed by atoms with van der Waals surface area (Å²) in [6, 6.07) is 10.9. The fraction of sp³-hybridized carbons (Fsp3) is 0.312. The summed E-state index contributed by atoms with van der Waals surface area (Å²) in [4.78, 5) is 27.5. The predicted octanol–water partition coefficient (Wildman–Crippen LogP) is 6.45. The maximum atomic E-state index is 13.8. The molecular formula is C32H27ClF6N2O5. The Morgan fingerprint density at radius 3 is 2.22 bits per heavy atom. The first kappa shape index (κ1) is 33.1. The molecule has 1 aliphatic carbocycles. The van der Waals surface area contributed by atoms with Gasteiger partial charge in [0.25, 0.3) is 0 Å². The first-order valence-corrected chi connectivity index (χ1v) is 14.5. The average molecular weight is 669 g/mol. The highest BCUT2D eigenvalue weighted by atomic mass is 35.5. The van der Waals surface area contributed by atoms with Crippen molar-refractivity contribution in [3.63, 3.8) is 0 Å². The van der Waals surface area contributed by atoms with Crippen molar-refractivity contribution in [1.29, 1.82) is 0 Å². The second-order valence-electron chi connectivity index (χ2n) is 10.8. The van der Waals surface area contributed by atoms with Gasteiger partial charge in [-0.25, -0.2) is 18.0 Å². The van der Waals surface area contributed by atoms with Gasteiger partial charge in [-0.05, 0) is 48.6 Å². The van der Waals surface area contributed by atoms with Crippen molar-refractivity contribution in [2.75, 3.05) is 26.3 Å². The summed E-state index contributed by atoms with van der Waals surface area (Å²) in [7, 11) is 0. The van der Waals surface area contributed by atoms with Crippen LogP contribution in [0.25, 0.3) is 5.57 Å². The van der Waals surface area contributed by atoms with Gasteiger partial charge in [0.15, 0.2) is 17.4 Å². The van der Waals surface area contributed by atoms with Crippen molar-refractivity contribution in [1.82, 2.24) is 4.90 Å². The molecule has 0 aromatic heterocycles. The van der Waals surface area contributed by atoms with Crippen molar-refractivity contribution in [3.05, 3.63) is 99.3 Å². The number of nitrogens with two attached hydrogens (primary N) is 1. The van der Waals surface area contributed by atoms with Gasteiger partial charge in [-0.3, -0.25) is 9.69 Å². The fourth-order valence-corrected chi connectivity index (χ4v) is 5.62. The quantitative estimate of drug-likeness (QED) is 0.143. The number of rotatable bonds is 11. The second kappa shape index (κ2) is 13.2. The number of nitrogens with zero attached hydrogens (tertiary/aromatic N) is 1. The number of ether oxygens (including phenoxy) is 3. The summed E-state index contributed by atoms with van der Waals surface area (Å²) >= 11 is 5.97. The number of esters is 1. The molecule has 7 nitrogen and oxygen atoms in total. The van der Waals surface area contributed by atoms with E-state index in [9.17, 15) is 35.9 Å². The molecule has 3 aromatic rings. The van der Waals surface area contributed by atoms with E-state index >= 15 is 0 Å². The minimum atomic E-state index is -4.69. The number of amides is 1. The standard InChI is InChI=1S/C32H27ClF6N2O5/c33-27-19(2-1-3-24(27)32(37,38)39)17-46-29(42)23-16-41(31(9-10-31)30(40)43)11-8-22(23)18-4-6-21(7-5-18)44-12-13-45-28-25(35)14-20(34)15-26(28)36/h1-7,14-15H,8-13,16-17H2,(H2,40,43). The Morgan fingerprint density at radius 2 is 1.61 bits per heavy atom. The van der Waals surface area contributed by atoms with E-state index in [1.54, 1.807) is 24.3 Å². The summed E-state index contributed by atoms with van der Waals surface area (Å²) in [5, 5.41) is -0.568. The zero-order valence-electron chi connectivity index (χ0n) is 24.1. The van der Waals surface area contributed by atoms with Gasteiger partial charge in [-0.2, -0.15) is 13.2 Å². The van der Waals surface area contributed by atoms with E-state index in [4.69, 9.17) is 31.5 Å². The van der Waals surface area contributed by atoms with Gasteiger partial charge in [-0.15, -0.1) is 0 Å². The van der Waals surface area contributed by atoms with E-state index < -0.39 is 64.0 Å². The Kier molecular flexibility index (Phi) is 9.54. The smallest absolute Gasteiger partial charge is 0.417 e. The van der Waals surface area contributed by atoms with Gasteiger partial charge in [0, 0.05) is 30.8 Å². The molecule has 244 valence electrons. The van der Waals surface area contributed by atoms with E-state index in [0.29, 0.717) is 54.8 Å². The number of carbonyl (C=O) groups excluding carboxylic acids is 2. The summed E-state index contributed by atoms with van der Waals surface area (Å²) in [6.45, 7) is -0.409. The zero-order chi connectivity index (χ0) is 33.2. The number of hydrogen-bond acceptors (Lipinski definition) is 6. The number of halogens is 7. The average Bonchev–Trinajstić information content (AvgIpc) is 3.82. The van der Waals surface area contributed by atoms with Gasteiger partial charge >= 0.3 is 12.1 Å². The van der Waals surface area contributed by atoms with Gasteiger partial charge < -0.3 is 19.9 Å². The number of carbonyl (C=O) groups is 2. The lowest BCUT2D eigenvalue weighted by molar-refractivity contribution is -0.141. The normalized spacial score (nSPS) is 16.2. The third-order valence-electron chi connectivity index (χ3n) is 7.89. The van der Waals surface area contributed by atoms with Crippen LogP contribution >= 0.6 is 11.6 Å². The number of hydrogen-bond donors (Lipinski definition) is 1. The molecule has 1 heterocycles. The van der Waals surface area contributed by atoms with Crippen LogP contribution in [0.5, 0.6) is 11.5 Å². The Bertz CT molecular complexity index is 1650. The van der Waals surface area contributed by atoms with Crippen LogP contribution < -0.4 is 15.2 Å². The van der Waals surface area contributed by atoms with E-state index in [2.05, 4.69) is 0 Å². The molecule has 1 aliphatic heterocycles. The van der Waals surface area contributed by atoms with Crippen LogP contribution in [-0.2, 0) is 27.1 Å². The maximum Gasteiger partial charge on any atom is 0.417 e. The molecule has 1 amide bonds. The monoisotopic (exact) mass is 668 g/mol. The molecule has 0 unspecified atom stereocenters. The Balaban J connectivity index is 1.30. The molecule has 1 fully saturated rings. The van der Waals surface area contributed by atoms with Crippen LogP contribution in [0, 0.1) is 17.5 Å². The third kappa shape index (κ3) is 7.10. The van der Waals surface area contributed by atoms with Crippen molar-refractivity contribution in [3.8, 4) is 11.5 Å². The Hall–Kier alpha value is -4.23. The molecule has 0 atom stereocenters. The lowest BCUT2D eigenvalue weighted by Gasteiger charge is -2.35. The minimum absolute atomic E-state index is 0.0224. The fourth-order valence-electron chi connectivity index (χ4n) is 5.33. The highest BCUT2D eigenvalue weighted by Crippen LogP contribution is 2.45. The molecular weight excluding hydrogens is 642 g/mol. The lowest BCUT2D eigenvalue weighted by Crippen LogP contribution is -2.50. The Morgan fingerprint density at radius 1 is 0.957 bits per heavy atom. The third-order valence-corrected chi connectivity index (χ3v) is 8.33. The van der Waals surface area contributed by atoms with Crippen LogP contribution in [0.4, 0.5) is 26.3 Å². The summed E-state index contributed by atoms with van der Waals surface area (Å²) in [5.41, 5.74) is 5.16. The van der Waals surface area contributed by atoms with Gasteiger partial charge in [0.1, 0.15) is 36.9 Å². The highest BCUT2D eigenvalue weighted by molar-refractivity contribution is 6.32. The molecule has 14 heteroatoms. The Labute approximate surface area is 264 Å². The summed E-state index contributed by atoms with van der Waals surface area (Å²) in [5.74, 6) is -5.08. The van der Waals surface area contributed by atoms with E-state index in [0.717, 1.165) is 6.07 Å². The number of benzene rings is 3. The van der Waals surface area contributed by atoms with Crippen LogP contribution in [0.2, 0.25) is 5.02 Å². The van der Waals surface area contributed by atoms with Crippen LogP contribution in [0.15, 0.2) is 60.2 Å². The van der Waals surface area contributed by atoms with Gasteiger partial charge in [0.2, 0.25) is 5.91 Å². The lowest BCUT2D eigenvalue weighted by atomic mass is 9.92. The van der Waals surface area contributed by atoms with Crippen molar-refractivity contribution >= 4 is 29.1 Å². The number of primary amides is 1. The van der Waals surface area contributed by atoms with Crippen molar-refractivity contribution in [2.45, 2.75) is 37.6 Å². The number of alkyl halides is 3. The summed E-state index contributed by atoms with van der Waals surface area (Å²) in [6.07, 6.45) is -3.27. The molecule has 46 heavy (non-hydrogen) atoms. The van der Waals surface area contributed by atoms with E-state index in [-0.39, 0.29) is 30.9 Å². The van der Waals surface area contributed by atoms with Crippen molar-refractivity contribution in [2.24, 2.45) is 5.73 Å². The molecule has 2 N–H and O–H groups in total. The summed E-state index contributed by atoms with van der Waals surface area (Å²) < 4.78 is 96.6. The van der Waals surface area contributed by atoms with E-state index in [1.807, 2.05) is 4.90 Å². The predicted molar refractivity (Wildman–Crippen MR) is 154 cm³/mol. The topological polar surface area (TPSA) is 91.1 Å². The molecule has 1 saturated carbocycles. The zero-order valence-corrected chi connectivity index (χ0v) is 24.8. The van der Waals surface area contributed by atoms with Crippen LogP contribution in [0.3, 0.4) is 0 Å². The maximum absolute atomic E-state index is 13.8. The van der Waals surface area contributed by atoms with Gasteiger partial charge in [0.05, 0.1) is 16.2 Å². The van der Waals surface area contributed by atoms with E-state index in [1.165, 1.54) is 12.1 Å².